The molecule has 0 aliphatic carbocycles. The summed E-state index contributed by atoms with van der Waals surface area (Å²) in [6.45, 7) is 8.65. The van der Waals surface area contributed by atoms with Crippen LogP contribution in [0.3, 0.4) is 0 Å². The molecule has 176 valence electrons. The molecule has 0 bridgehead atoms. The van der Waals surface area contributed by atoms with Crippen molar-refractivity contribution in [2.24, 2.45) is 4.99 Å². The summed E-state index contributed by atoms with van der Waals surface area (Å²) < 4.78 is 10.5. The molecule has 3 heterocycles. The quantitative estimate of drug-likeness (QED) is 0.639. The Morgan fingerprint density at radius 3 is 2.58 bits per heavy atom. The third-order valence-corrected chi connectivity index (χ3v) is 6.85. The summed E-state index contributed by atoms with van der Waals surface area (Å²) in [4.78, 5) is 32.3. The van der Waals surface area contributed by atoms with Gasteiger partial charge in [0, 0.05) is 18.8 Å². The lowest BCUT2D eigenvalue weighted by Gasteiger charge is -2.36. The summed E-state index contributed by atoms with van der Waals surface area (Å²) in [5, 5.41) is 4.58. The number of amidine groups is 1. The molecule has 33 heavy (non-hydrogen) atoms. The van der Waals surface area contributed by atoms with Crippen molar-refractivity contribution in [1.29, 1.82) is 0 Å². The Morgan fingerprint density at radius 2 is 1.94 bits per heavy atom. The molecular formula is C24H30N4O4S. The molecule has 1 N–H and O–H groups in total. The molecule has 1 aromatic carbocycles. The minimum absolute atomic E-state index is 0.107. The van der Waals surface area contributed by atoms with E-state index in [1.54, 1.807) is 0 Å². The molecule has 1 saturated heterocycles. The van der Waals surface area contributed by atoms with E-state index in [1.807, 2.05) is 34.4 Å². The smallest absolute Gasteiger partial charge is 0.338 e. The van der Waals surface area contributed by atoms with Crippen LogP contribution >= 0.6 is 11.8 Å². The second-order valence-corrected chi connectivity index (χ2v) is 9.35. The Bertz CT molecular complexity index is 1010. The number of nitrogens with zero attached hydrogens (tertiary/aromatic N) is 3. The van der Waals surface area contributed by atoms with Crippen LogP contribution in [0.2, 0.25) is 0 Å². The number of hydrogen-bond donors (Lipinski definition) is 1. The lowest BCUT2D eigenvalue weighted by molar-refractivity contribution is -0.136. The van der Waals surface area contributed by atoms with Crippen molar-refractivity contribution in [3.05, 3.63) is 57.8 Å². The van der Waals surface area contributed by atoms with Crippen molar-refractivity contribution < 1.29 is 19.1 Å². The molecule has 1 aromatic rings. The van der Waals surface area contributed by atoms with E-state index in [9.17, 15) is 9.59 Å². The van der Waals surface area contributed by atoms with Gasteiger partial charge in [-0.2, -0.15) is 0 Å². The van der Waals surface area contributed by atoms with Crippen LogP contribution in [-0.2, 0) is 19.1 Å². The third kappa shape index (κ3) is 5.00. The first-order valence-corrected chi connectivity index (χ1v) is 12.0. The fourth-order valence-electron chi connectivity index (χ4n) is 4.17. The van der Waals surface area contributed by atoms with Gasteiger partial charge in [0.2, 0.25) is 5.91 Å². The van der Waals surface area contributed by atoms with Crippen LogP contribution in [0.5, 0.6) is 0 Å². The van der Waals surface area contributed by atoms with E-state index in [-0.39, 0.29) is 12.3 Å². The number of ether oxygens (including phenoxy) is 2. The fraction of sp³-hybridized carbons (Fsp3) is 0.458. The first-order chi connectivity index (χ1) is 15.9. The Morgan fingerprint density at radius 1 is 1.24 bits per heavy atom. The lowest BCUT2D eigenvalue weighted by Crippen LogP contribution is -2.48. The summed E-state index contributed by atoms with van der Waals surface area (Å²) in [5.74, 6) is -0.117. The highest BCUT2D eigenvalue weighted by atomic mass is 32.2. The number of carbonyl (C=O) groups excluding carboxylic acids is 2. The van der Waals surface area contributed by atoms with Crippen LogP contribution in [0, 0.1) is 0 Å². The topological polar surface area (TPSA) is 83.5 Å². The molecule has 0 radical (unpaired) electrons. The molecule has 0 saturated carbocycles. The van der Waals surface area contributed by atoms with Gasteiger partial charge >= 0.3 is 5.97 Å². The van der Waals surface area contributed by atoms with Gasteiger partial charge in [-0.15, -0.1) is 0 Å². The Labute approximate surface area is 198 Å². The van der Waals surface area contributed by atoms with Crippen molar-refractivity contribution in [1.82, 2.24) is 15.3 Å². The van der Waals surface area contributed by atoms with E-state index < -0.39 is 12.0 Å². The maximum atomic E-state index is 12.8. The highest BCUT2D eigenvalue weighted by molar-refractivity contribution is 8.16. The lowest BCUT2D eigenvalue weighted by atomic mass is 9.92. The van der Waals surface area contributed by atoms with E-state index in [1.165, 1.54) is 24.4 Å². The number of benzene rings is 1. The Balaban J connectivity index is 1.63. The number of rotatable bonds is 6. The number of nitrogens with one attached hydrogen (secondary N) is 1. The minimum Gasteiger partial charge on any atom is -0.466 e. The summed E-state index contributed by atoms with van der Waals surface area (Å²) in [7, 11) is 1.38. The van der Waals surface area contributed by atoms with E-state index in [2.05, 4.69) is 36.4 Å². The van der Waals surface area contributed by atoms with Crippen LogP contribution in [0.15, 0.2) is 51.6 Å². The van der Waals surface area contributed by atoms with Gasteiger partial charge < -0.3 is 14.4 Å². The summed E-state index contributed by atoms with van der Waals surface area (Å²) in [6, 6.07) is 7.87. The molecule has 3 aliphatic rings. The molecule has 3 aliphatic heterocycles. The second kappa shape index (κ2) is 10.1. The number of allylic oxidation sites excluding steroid dienone is 1. The molecule has 1 unspecified atom stereocenters. The number of methoxy groups -OCH3 is 1. The number of aliphatic imine (C=N–C) groups is 1. The molecule has 1 amide bonds. The number of amides is 1. The highest BCUT2D eigenvalue weighted by Crippen LogP contribution is 2.44. The van der Waals surface area contributed by atoms with Crippen LogP contribution in [0.1, 0.15) is 50.3 Å². The van der Waals surface area contributed by atoms with Crippen molar-refractivity contribution in [3.8, 4) is 0 Å². The SMILES string of the molecule is COC(=O)C1=C(C)N=C2SC=C(CC(=O)NN3CCOCC3)N2C1c1ccc(C(C)C)cc1. The average Bonchev–Trinajstić information content (AvgIpc) is 3.20. The first-order valence-electron chi connectivity index (χ1n) is 11.1. The predicted octanol–water partition coefficient (Wildman–Crippen LogP) is 3.31. The Kier molecular flexibility index (Phi) is 7.21. The minimum atomic E-state index is -0.415. The molecule has 0 aromatic heterocycles. The zero-order valence-electron chi connectivity index (χ0n) is 19.5. The number of esters is 1. The van der Waals surface area contributed by atoms with Gasteiger partial charge in [-0.25, -0.2) is 14.8 Å². The van der Waals surface area contributed by atoms with Gasteiger partial charge in [0.05, 0.1) is 44.1 Å². The predicted molar refractivity (Wildman–Crippen MR) is 128 cm³/mol. The second-order valence-electron chi connectivity index (χ2n) is 8.52. The summed E-state index contributed by atoms with van der Waals surface area (Å²) in [6.07, 6.45) is 0.178. The zero-order chi connectivity index (χ0) is 23.5. The van der Waals surface area contributed by atoms with Gasteiger partial charge in [-0.3, -0.25) is 10.2 Å². The molecular weight excluding hydrogens is 440 g/mol. The van der Waals surface area contributed by atoms with Crippen molar-refractivity contribution in [2.75, 3.05) is 33.4 Å². The third-order valence-electron chi connectivity index (χ3n) is 5.96. The van der Waals surface area contributed by atoms with Crippen molar-refractivity contribution in [3.63, 3.8) is 0 Å². The number of thioether (sulfide) groups is 1. The van der Waals surface area contributed by atoms with Crippen molar-refractivity contribution >= 4 is 28.8 Å². The van der Waals surface area contributed by atoms with E-state index in [0.29, 0.717) is 43.5 Å². The molecule has 0 spiro atoms. The number of hydrazine groups is 1. The van der Waals surface area contributed by atoms with Gasteiger partial charge in [0.1, 0.15) is 0 Å². The molecule has 1 fully saturated rings. The van der Waals surface area contributed by atoms with Crippen LogP contribution < -0.4 is 5.43 Å². The molecule has 8 nitrogen and oxygen atoms in total. The number of carbonyl (C=O) groups is 2. The summed E-state index contributed by atoms with van der Waals surface area (Å²) >= 11 is 1.47. The van der Waals surface area contributed by atoms with Crippen LogP contribution in [0.4, 0.5) is 0 Å². The average molecular weight is 471 g/mol. The van der Waals surface area contributed by atoms with Gasteiger partial charge in [0.25, 0.3) is 0 Å². The Hall–Kier alpha value is -2.62. The van der Waals surface area contributed by atoms with Crippen molar-refractivity contribution in [2.45, 2.75) is 39.2 Å². The van der Waals surface area contributed by atoms with E-state index >= 15 is 0 Å². The largest absolute Gasteiger partial charge is 0.466 e. The molecule has 9 heteroatoms. The van der Waals surface area contributed by atoms with Gasteiger partial charge in [0.15, 0.2) is 5.17 Å². The molecule has 1 atom stereocenters. The van der Waals surface area contributed by atoms with Gasteiger partial charge in [-0.1, -0.05) is 49.9 Å². The zero-order valence-corrected chi connectivity index (χ0v) is 20.3. The summed E-state index contributed by atoms with van der Waals surface area (Å²) in [5.41, 5.74) is 7.06. The first kappa shape index (κ1) is 23.5. The number of hydrogen-bond acceptors (Lipinski definition) is 8. The fourth-order valence-corrected chi connectivity index (χ4v) is 5.14. The monoisotopic (exact) mass is 470 g/mol. The molecule has 4 rings (SSSR count). The van der Waals surface area contributed by atoms with E-state index in [0.717, 1.165) is 16.4 Å². The number of morpholine rings is 1. The van der Waals surface area contributed by atoms with Gasteiger partial charge in [-0.05, 0) is 29.4 Å². The standard InChI is InChI=1S/C24H30N4O4S/c1-15(2)17-5-7-18(8-6-17)22-21(23(30)31-4)16(3)25-24-28(22)19(14-33-24)13-20(29)26-27-9-11-32-12-10-27/h5-8,14-15,22H,9-13H2,1-4H3,(H,26,29). The maximum absolute atomic E-state index is 12.8. The van der Waals surface area contributed by atoms with Crippen LogP contribution in [0.25, 0.3) is 0 Å². The maximum Gasteiger partial charge on any atom is 0.338 e. The number of fused-ring (bicyclic) bond motifs is 1. The normalized spacial score (nSPS) is 21.0. The van der Waals surface area contributed by atoms with E-state index in [4.69, 9.17) is 9.47 Å². The highest BCUT2D eigenvalue weighted by Gasteiger charge is 2.41. The van der Waals surface area contributed by atoms with Crippen LogP contribution in [-0.4, -0.2) is 60.4 Å².